The van der Waals surface area contributed by atoms with Gasteiger partial charge in [0.25, 0.3) is 0 Å². The second kappa shape index (κ2) is 8.40. The minimum atomic E-state index is -0.229. The molecule has 0 saturated heterocycles. The summed E-state index contributed by atoms with van der Waals surface area (Å²) in [6.07, 6.45) is 2.58. The number of carbonyl (C=O) groups excluding carboxylic acids is 2. The van der Waals surface area contributed by atoms with Gasteiger partial charge in [-0.05, 0) is 35.8 Å². The Morgan fingerprint density at radius 1 is 1.03 bits per heavy atom. The molecule has 0 amide bonds. The van der Waals surface area contributed by atoms with E-state index in [4.69, 9.17) is 9.52 Å². The van der Waals surface area contributed by atoms with Gasteiger partial charge in [-0.15, -0.1) is 0 Å². The number of ketones is 2. The Labute approximate surface area is 194 Å². The second-order valence-electron chi connectivity index (χ2n) is 11.0. The van der Waals surface area contributed by atoms with Crippen LogP contribution in [-0.2, 0) is 17.6 Å². The first-order chi connectivity index (χ1) is 15.5. The molecule has 2 aliphatic rings. The summed E-state index contributed by atoms with van der Waals surface area (Å²) < 4.78 is 5.47. The maximum atomic E-state index is 13.1. The number of carbonyl (C=O) groups is 2. The summed E-state index contributed by atoms with van der Waals surface area (Å²) in [5, 5.41) is 15.1. The number of rotatable bonds is 4. The lowest BCUT2D eigenvalue weighted by Gasteiger charge is -2.31. The standard InChI is InChI=1S/C27H32N2O4/c1-16-8-6-7-9-17(16)28-19-12-26(2,3)13-21(31)24(19)20(30)11-10-18-25-22(32)14-27(4,5)15-23(25)33-29-18/h6-9,30H,10-15H2,1-5H3. The van der Waals surface area contributed by atoms with Gasteiger partial charge >= 0.3 is 0 Å². The molecule has 0 unspecified atom stereocenters. The van der Waals surface area contributed by atoms with Gasteiger partial charge in [0.1, 0.15) is 11.5 Å². The number of nitrogens with zero attached hydrogens (tertiary/aromatic N) is 2. The Kier molecular flexibility index (Phi) is 5.89. The van der Waals surface area contributed by atoms with Crippen molar-refractivity contribution in [2.75, 3.05) is 0 Å². The maximum Gasteiger partial charge on any atom is 0.168 e. The predicted octanol–water partition coefficient (Wildman–Crippen LogP) is 6.04. The second-order valence-corrected chi connectivity index (χ2v) is 11.0. The molecule has 0 bridgehead atoms. The fraction of sp³-hybridized carbons (Fsp3) is 0.481. The summed E-state index contributed by atoms with van der Waals surface area (Å²) in [5.74, 6) is 0.553. The number of hydrogen-bond acceptors (Lipinski definition) is 6. The first kappa shape index (κ1) is 23.1. The number of fused-ring (bicyclic) bond motifs is 1. The van der Waals surface area contributed by atoms with E-state index in [2.05, 4.69) is 5.16 Å². The molecule has 0 aliphatic heterocycles. The summed E-state index contributed by atoms with van der Waals surface area (Å²) in [4.78, 5) is 30.6. The molecule has 1 aromatic heterocycles. The van der Waals surface area contributed by atoms with Crippen LogP contribution in [0.2, 0.25) is 0 Å². The number of Topliss-reactive ketones (excluding diaryl/α,β-unsaturated/α-hetero) is 2. The quantitative estimate of drug-likeness (QED) is 0.454. The molecule has 6 nitrogen and oxygen atoms in total. The van der Waals surface area contributed by atoms with E-state index in [0.29, 0.717) is 60.4 Å². The lowest BCUT2D eigenvalue weighted by molar-refractivity contribution is -0.117. The molecular weight excluding hydrogens is 416 g/mol. The third kappa shape index (κ3) is 4.85. The average Bonchev–Trinajstić information content (AvgIpc) is 3.08. The van der Waals surface area contributed by atoms with Crippen LogP contribution < -0.4 is 0 Å². The smallest absolute Gasteiger partial charge is 0.168 e. The number of hydrogen-bond donors (Lipinski definition) is 1. The molecule has 6 heteroatoms. The number of aliphatic imine (C=N–C) groups is 1. The summed E-state index contributed by atoms with van der Waals surface area (Å²) >= 11 is 0. The number of aryl methyl sites for hydroxylation is 2. The fourth-order valence-corrected chi connectivity index (χ4v) is 4.90. The van der Waals surface area contributed by atoms with Crippen molar-refractivity contribution in [3.8, 4) is 0 Å². The zero-order valence-corrected chi connectivity index (χ0v) is 20.1. The van der Waals surface area contributed by atoms with Crippen LogP contribution >= 0.6 is 0 Å². The Morgan fingerprint density at radius 2 is 1.70 bits per heavy atom. The van der Waals surface area contributed by atoms with Crippen molar-refractivity contribution < 1.29 is 19.2 Å². The fourth-order valence-electron chi connectivity index (χ4n) is 4.90. The molecule has 0 atom stereocenters. The molecule has 2 aliphatic carbocycles. The number of aromatic nitrogens is 1. The van der Waals surface area contributed by atoms with E-state index in [1.165, 1.54) is 0 Å². The highest BCUT2D eigenvalue weighted by Crippen LogP contribution is 2.38. The van der Waals surface area contributed by atoms with Gasteiger partial charge in [0.15, 0.2) is 11.6 Å². The predicted molar refractivity (Wildman–Crippen MR) is 127 cm³/mol. The Balaban J connectivity index is 1.64. The molecule has 1 aromatic carbocycles. The molecule has 174 valence electrons. The number of benzene rings is 1. The summed E-state index contributed by atoms with van der Waals surface area (Å²) in [5.41, 5.74) is 3.46. The molecule has 2 aromatic rings. The van der Waals surface area contributed by atoms with E-state index in [-0.39, 0.29) is 34.6 Å². The van der Waals surface area contributed by atoms with Crippen molar-refractivity contribution in [1.29, 1.82) is 0 Å². The lowest BCUT2D eigenvalue weighted by atomic mass is 9.73. The van der Waals surface area contributed by atoms with Gasteiger partial charge in [0.2, 0.25) is 0 Å². The van der Waals surface area contributed by atoms with Crippen molar-refractivity contribution >= 4 is 23.0 Å². The van der Waals surface area contributed by atoms with Gasteiger partial charge in [-0.25, -0.2) is 0 Å². The number of para-hydroxylation sites is 1. The van der Waals surface area contributed by atoms with Crippen molar-refractivity contribution in [1.82, 2.24) is 5.16 Å². The van der Waals surface area contributed by atoms with E-state index in [9.17, 15) is 14.7 Å². The summed E-state index contributed by atoms with van der Waals surface area (Å²) in [6.45, 7) is 10.1. The molecule has 33 heavy (non-hydrogen) atoms. The van der Waals surface area contributed by atoms with E-state index in [1.54, 1.807) is 0 Å². The first-order valence-corrected chi connectivity index (χ1v) is 11.6. The number of aliphatic hydroxyl groups excluding tert-OH is 1. The maximum absolute atomic E-state index is 13.1. The zero-order valence-electron chi connectivity index (χ0n) is 20.1. The van der Waals surface area contributed by atoms with Gasteiger partial charge in [0, 0.05) is 32.1 Å². The third-order valence-corrected chi connectivity index (χ3v) is 6.50. The van der Waals surface area contributed by atoms with Crippen LogP contribution in [0.1, 0.15) is 80.8 Å². The highest BCUT2D eigenvalue weighted by molar-refractivity contribution is 6.25. The SMILES string of the molecule is Cc1ccccc1N=C1CC(C)(C)CC(=O)C1=C(O)CCc1noc2c1C(=O)CC(C)(C)C2. The van der Waals surface area contributed by atoms with Crippen LogP contribution in [0.3, 0.4) is 0 Å². The molecule has 1 N–H and O–H groups in total. The zero-order chi connectivity index (χ0) is 24.0. The van der Waals surface area contributed by atoms with Crippen molar-refractivity contribution in [3.63, 3.8) is 0 Å². The van der Waals surface area contributed by atoms with Gasteiger partial charge in [-0.3, -0.25) is 14.6 Å². The van der Waals surface area contributed by atoms with Crippen LogP contribution in [0.15, 0.2) is 45.1 Å². The van der Waals surface area contributed by atoms with E-state index in [0.717, 1.165) is 11.3 Å². The molecule has 0 radical (unpaired) electrons. The topological polar surface area (TPSA) is 92.8 Å². The van der Waals surface area contributed by atoms with Crippen LogP contribution in [0.25, 0.3) is 0 Å². The van der Waals surface area contributed by atoms with Crippen LogP contribution in [0.5, 0.6) is 0 Å². The van der Waals surface area contributed by atoms with Gasteiger partial charge in [-0.2, -0.15) is 0 Å². The molecule has 1 saturated carbocycles. The normalized spacial score (nSPS) is 22.4. The summed E-state index contributed by atoms with van der Waals surface area (Å²) in [7, 11) is 0. The van der Waals surface area contributed by atoms with Gasteiger partial charge in [-0.1, -0.05) is 51.1 Å². The number of aliphatic hydroxyl groups is 1. The lowest BCUT2D eigenvalue weighted by Crippen LogP contribution is -2.32. The highest BCUT2D eigenvalue weighted by atomic mass is 16.5. The minimum absolute atomic E-state index is 0.00294. The van der Waals surface area contributed by atoms with Crippen molar-refractivity contribution in [3.05, 3.63) is 58.2 Å². The van der Waals surface area contributed by atoms with E-state index >= 15 is 0 Å². The third-order valence-electron chi connectivity index (χ3n) is 6.50. The molecule has 1 fully saturated rings. The molecule has 1 heterocycles. The molecular formula is C27H32N2O4. The summed E-state index contributed by atoms with van der Waals surface area (Å²) in [6, 6.07) is 7.75. The van der Waals surface area contributed by atoms with Crippen LogP contribution in [0, 0.1) is 17.8 Å². The number of allylic oxidation sites excluding steroid dienone is 2. The highest BCUT2D eigenvalue weighted by Gasteiger charge is 2.38. The van der Waals surface area contributed by atoms with E-state index in [1.807, 2.05) is 58.9 Å². The van der Waals surface area contributed by atoms with Crippen LogP contribution in [-0.4, -0.2) is 27.5 Å². The van der Waals surface area contributed by atoms with Crippen molar-refractivity contribution in [2.45, 2.75) is 73.1 Å². The first-order valence-electron chi connectivity index (χ1n) is 11.6. The molecule has 0 spiro atoms. The van der Waals surface area contributed by atoms with Crippen molar-refractivity contribution in [2.24, 2.45) is 15.8 Å². The largest absolute Gasteiger partial charge is 0.511 e. The monoisotopic (exact) mass is 448 g/mol. The van der Waals surface area contributed by atoms with E-state index < -0.39 is 0 Å². The Bertz CT molecular complexity index is 1180. The minimum Gasteiger partial charge on any atom is -0.511 e. The van der Waals surface area contributed by atoms with Gasteiger partial charge < -0.3 is 9.63 Å². The Hall–Kier alpha value is -3.02. The Morgan fingerprint density at radius 3 is 2.42 bits per heavy atom. The van der Waals surface area contributed by atoms with Gasteiger partial charge in [0.05, 0.1) is 28.2 Å². The average molecular weight is 449 g/mol. The van der Waals surface area contributed by atoms with Crippen LogP contribution in [0.4, 0.5) is 5.69 Å². The molecule has 4 rings (SSSR count).